The molecule has 0 atom stereocenters. The van der Waals surface area contributed by atoms with Gasteiger partial charge in [-0.25, -0.2) is 4.98 Å². The lowest BCUT2D eigenvalue weighted by molar-refractivity contribution is -0.105. The molecule has 0 aromatic carbocycles. The molecule has 0 aliphatic carbocycles. The van der Waals surface area contributed by atoms with Crippen molar-refractivity contribution in [2.45, 2.75) is 0 Å². The third-order valence-corrected chi connectivity index (χ3v) is 1.17. The maximum absolute atomic E-state index is 9.98. The van der Waals surface area contributed by atoms with E-state index in [-0.39, 0.29) is 0 Å². The zero-order valence-electron chi connectivity index (χ0n) is 6.07. The summed E-state index contributed by atoms with van der Waals surface area (Å²) in [5.74, 6) is 1.16. The first kappa shape index (κ1) is 7.53. The van der Waals surface area contributed by atoms with Crippen LogP contribution in [0.5, 0.6) is 5.75 Å². The predicted molar refractivity (Wildman–Crippen MR) is 40.5 cm³/mol. The quantitative estimate of drug-likeness (QED) is 0.647. The number of carbonyl (C=O) groups is 1. The Morgan fingerprint density at radius 3 is 3.18 bits per heavy atom. The molecule has 1 heterocycles. The summed E-state index contributed by atoms with van der Waals surface area (Å²) >= 11 is 0. The van der Waals surface area contributed by atoms with Crippen LogP contribution in [-0.4, -0.2) is 18.5 Å². The Morgan fingerprint density at radius 1 is 1.73 bits per heavy atom. The van der Waals surface area contributed by atoms with E-state index < -0.39 is 0 Å². The number of amides is 1. The second-order valence-corrected chi connectivity index (χ2v) is 1.84. The molecule has 1 aromatic heterocycles. The molecule has 0 saturated heterocycles. The largest absolute Gasteiger partial charge is 0.497 e. The van der Waals surface area contributed by atoms with Gasteiger partial charge in [0, 0.05) is 12.3 Å². The minimum Gasteiger partial charge on any atom is -0.497 e. The number of methoxy groups -OCH3 is 1. The normalized spacial score (nSPS) is 8.82. The number of anilines is 1. The minimum absolute atomic E-state index is 0.486. The summed E-state index contributed by atoms with van der Waals surface area (Å²) in [6.07, 6.45) is 2.13. The van der Waals surface area contributed by atoms with Gasteiger partial charge in [-0.3, -0.25) is 4.79 Å². The van der Waals surface area contributed by atoms with Crippen LogP contribution < -0.4 is 10.1 Å². The lowest BCUT2D eigenvalue weighted by Crippen LogP contribution is -1.96. The molecule has 1 N–H and O–H groups in total. The fourth-order valence-electron chi connectivity index (χ4n) is 0.677. The van der Waals surface area contributed by atoms with Gasteiger partial charge in [0.05, 0.1) is 7.11 Å². The molecule has 4 heteroatoms. The summed E-state index contributed by atoms with van der Waals surface area (Å²) in [5.41, 5.74) is 0. The minimum atomic E-state index is 0.486. The lowest BCUT2D eigenvalue weighted by atomic mass is 10.4. The van der Waals surface area contributed by atoms with Gasteiger partial charge >= 0.3 is 0 Å². The molecule has 58 valence electrons. The van der Waals surface area contributed by atoms with Crippen LogP contribution in [0.3, 0.4) is 0 Å². The Labute approximate surface area is 64.2 Å². The van der Waals surface area contributed by atoms with Crippen molar-refractivity contribution in [2.75, 3.05) is 12.4 Å². The summed E-state index contributed by atoms with van der Waals surface area (Å²) in [5, 5.41) is 2.41. The van der Waals surface area contributed by atoms with Gasteiger partial charge in [0.25, 0.3) is 0 Å². The summed E-state index contributed by atoms with van der Waals surface area (Å²) < 4.78 is 4.91. The van der Waals surface area contributed by atoms with Gasteiger partial charge in [0.1, 0.15) is 11.6 Å². The molecule has 0 fully saturated rings. The van der Waals surface area contributed by atoms with Gasteiger partial charge in [-0.05, 0) is 6.07 Å². The van der Waals surface area contributed by atoms with E-state index in [4.69, 9.17) is 4.74 Å². The van der Waals surface area contributed by atoms with Crippen molar-refractivity contribution in [1.29, 1.82) is 0 Å². The summed E-state index contributed by atoms with van der Waals surface area (Å²) in [6, 6.07) is 3.34. The second-order valence-electron chi connectivity index (χ2n) is 1.84. The molecule has 0 saturated carbocycles. The fourth-order valence-corrected chi connectivity index (χ4v) is 0.677. The number of rotatable bonds is 3. The third kappa shape index (κ3) is 1.93. The van der Waals surface area contributed by atoms with Crippen LogP contribution in [0, 0.1) is 0 Å². The summed E-state index contributed by atoms with van der Waals surface area (Å²) in [4.78, 5) is 13.8. The van der Waals surface area contributed by atoms with Gasteiger partial charge in [0.2, 0.25) is 6.41 Å². The van der Waals surface area contributed by atoms with Crippen molar-refractivity contribution < 1.29 is 9.53 Å². The van der Waals surface area contributed by atoms with Crippen LogP contribution in [-0.2, 0) is 4.79 Å². The van der Waals surface area contributed by atoms with E-state index in [2.05, 4.69) is 10.3 Å². The maximum Gasteiger partial charge on any atom is 0.212 e. The average Bonchev–Trinajstić information content (AvgIpc) is 2.06. The van der Waals surface area contributed by atoms with Crippen LogP contribution >= 0.6 is 0 Å². The number of hydrogen-bond acceptors (Lipinski definition) is 3. The Bertz CT molecular complexity index is 250. The number of carbonyl (C=O) groups excluding carboxylic acids is 1. The highest BCUT2D eigenvalue weighted by atomic mass is 16.5. The molecule has 1 rings (SSSR count). The SMILES string of the molecule is COc1ccnc(NC=O)c1. The van der Waals surface area contributed by atoms with Crippen molar-refractivity contribution >= 4 is 12.2 Å². The highest BCUT2D eigenvalue weighted by molar-refractivity contribution is 5.69. The fraction of sp³-hybridized carbons (Fsp3) is 0.143. The number of hydrogen-bond donors (Lipinski definition) is 1. The predicted octanol–water partition coefficient (Wildman–Crippen LogP) is 0.658. The van der Waals surface area contributed by atoms with Gasteiger partial charge in [0.15, 0.2) is 0 Å². The molecular formula is C7H8N2O2. The van der Waals surface area contributed by atoms with E-state index in [0.29, 0.717) is 18.0 Å². The molecule has 0 aliphatic heterocycles. The van der Waals surface area contributed by atoms with Crippen molar-refractivity contribution in [3.63, 3.8) is 0 Å². The molecule has 0 radical (unpaired) electrons. The number of nitrogens with one attached hydrogen (secondary N) is 1. The molecule has 1 aromatic rings. The molecule has 0 unspecified atom stereocenters. The van der Waals surface area contributed by atoms with E-state index in [1.807, 2.05) is 0 Å². The standard InChI is InChI=1S/C7H8N2O2/c1-11-6-2-3-8-7(4-6)9-5-10/h2-5H,1H3,(H,8,9,10). The van der Waals surface area contributed by atoms with Gasteiger partial charge in [-0.1, -0.05) is 0 Å². The van der Waals surface area contributed by atoms with E-state index in [0.717, 1.165) is 0 Å². The lowest BCUT2D eigenvalue weighted by Gasteiger charge is -2.00. The highest BCUT2D eigenvalue weighted by Gasteiger charge is 1.93. The van der Waals surface area contributed by atoms with Crippen LogP contribution in [0.25, 0.3) is 0 Å². The number of ether oxygens (including phenoxy) is 1. The van der Waals surface area contributed by atoms with E-state index >= 15 is 0 Å². The number of aromatic nitrogens is 1. The molecule has 0 bridgehead atoms. The molecule has 1 amide bonds. The average molecular weight is 152 g/mol. The Morgan fingerprint density at radius 2 is 2.55 bits per heavy atom. The van der Waals surface area contributed by atoms with Crippen molar-refractivity contribution in [3.8, 4) is 5.75 Å². The maximum atomic E-state index is 9.98. The van der Waals surface area contributed by atoms with E-state index in [1.165, 1.54) is 0 Å². The molecule has 4 nitrogen and oxygen atoms in total. The zero-order valence-corrected chi connectivity index (χ0v) is 6.07. The van der Waals surface area contributed by atoms with Crippen LogP contribution in [0.4, 0.5) is 5.82 Å². The summed E-state index contributed by atoms with van der Waals surface area (Å²) in [6.45, 7) is 0. The monoisotopic (exact) mass is 152 g/mol. The van der Waals surface area contributed by atoms with Crippen LogP contribution in [0.2, 0.25) is 0 Å². The van der Waals surface area contributed by atoms with Crippen LogP contribution in [0.15, 0.2) is 18.3 Å². The smallest absolute Gasteiger partial charge is 0.212 e. The van der Waals surface area contributed by atoms with Crippen molar-refractivity contribution in [1.82, 2.24) is 4.98 Å². The third-order valence-electron chi connectivity index (χ3n) is 1.17. The van der Waals surface area contributed by atoms with Gasteiger partial charge < -0.3 is 10.1 Å². The molecule has 11 heavy (non-hydrogen) atoms. The van der Waals surface area contributed by atoms with Gasteiger partial charge in [-0.15, -0.1) is 0 Å². The Hall–Kier alpha value is -1.58. The second kappa shape index (κ2) is 3.55. The first-order chi connectivity index (χ1) is 5.36. The number of nitrogens with zero attached hydrogens (tertiary/aromatic N) is 1. The Kier molecular flexibility index (Phi) is 2.43. The Balaban J connectivity index is 2.82. The molecular weight excluding hydrogens is 144 g/mol. The van der Waals surface area contributed by atoms with E-state index in [1.54, 1.807) is 25.4 Å². The van der Waals surface area contributed by atoms with Crippen LogP contribution in [0.1, 0.15) is 0 Å². The topological polar surface area (TPSA) is 51.2 Å². The summed E-state index contributed by atoms with van der Waals surface area (Å²) in [7, 11) is 1.56. The molecule has 0 aliphatic rings. The highest BCUT2D eigenvalue weighted by Crippen LogP contribution is 2.12. The first-order valence-corrected chi connectivity index (χ1v) is 3.07. The van der Waals surface area contributed by atoms with E-state index in [9.17, 15) is 4.79 Å². The van der Waals surface area contributed by atoms with Crippen molar-refractivity contribution in [3.05, 3.63) is 18.3 Å². The van der Waals surface area contributed by atoms with Gasteiger partial charge in [-0.2, -0.15) is 0 Å². The zero-order chi connectivity index (χ0) is 8.10. The van der Waals surface area contributed by atoms with Crippen molar-refractivity contribution in [2.24, 2.45) is 0 Å². The number of pyridine rings is 1. The molecule has 0 spiro atoms. The first-order valence-electron chi connectivity index (χ1n) is 3.07.